The molecule has 6 heteroatoms. The highest BCUT2D eigenvalue weighted by atomic mass is 35.5. The van der Waals surface area contributed by atoms with Crippen molar-refractivity contribution in [3.8, 4) is 5.75 Å². The molecule has 1 aromatic rings. The first-order chi connectivity index (χ1) is 9.02. The smallest absolute Gasteiger partial charge is 0.359 e. The zero-order valence-corrected chi connectivity index (χ0v) is 12.4. The van der Waals surface area contributed by atoms with Gasteiger partial charge < -0.3 is 27.2 Å². The summed E-state index contributed by atoms with van der Waals surface area (Å²) in [7, 11) is 1.76. The fraction of sp³-hybridized carbons (Fsp3) is 0.429. The third-order valence-electron chi connectivity index (χ3n) is 2.72. The van der Waals surface area contributed by atoms with Gasteiger partial charge in [-0.2, -0.15) is 0 Å². The highest BCUT2D eigenvalue weighted by Crippen LogP contribution is 2.13. The molecule has 0 aliphatic heterocycles. The second-order valence-electron chi connectivity index (χ2n) is 4.41. The van der Waals surface area contributed by atoms with Gasteiger partial charge in [0.2, 0.25) is 0 Å². The highest BCUT2D eigenvalue weighted by Gasteiger charge is 2.12. The Kier molecular flexibility index (Phi) is 8.59. The van der Waals surface area contributed by atoms with E-state index in [4.69, 9.17) is 9.84 Å². The molecule has 0 heterocycles. The highest BCUT2D eigenvalue weighted by molar-refractivity contribution is 5.96. The van der Waals surface area contributed by atoms with Gasteiger partial charge in [0, 0.05) is 5.56 Å². The van der Waals surface area contributed by atoms with E-state index in [9.17, 15) is 9.59 Å². The summed E-state index contributed by atoms with van der Waals surface area (Å²) in [5.41, 5.74) is 0.631. The predicted octanol–water partition coefficient (Wildman–Crippen LogP) is -2.74. The maximum atomic E-state index is 11.9. The number of hydrogen-bond donors (Lipinski definition) is 2. The Morgan fingerprint density at radius 1 is 1.25 bits per heavy atom. The molecular formula is C14H20ClNO4. The summed E-state index contributed by atoms with van der Waals surface area (Å²) >= 11 is 0. The monoisotopic (exact) mass is 301 g/mol. The van der Waals surface area contributed by atoms with E-state index in [1.54, 1.807) is 31.3 Å². The number of carbonyl (C=O) groups is 2. The average molecular weight is 302 g/mol. The van der Waals surface area contributed by atoms with Gasteiger partial charge in [-0.3, -0.25) is 4.79 Å². The summed E-state index contributed by atoms with van der Waals surface area (Å²) in [6.07, 6.45) is 0.340. The van der Waals surface area contributed by atoms with Gasteiger partial charge in [-0.15, -0.1) is 0 Å². The van der Waals surface area contributed by atoms with E-state index in [1.165, 1.54) is 0 Å². The Bertz CT molecular complexity index is 433. The number of ketones is 1. The molecule has 0 spiro atoms. The van der Waals surface area contributed by atoms with Crippen molar-refractivity contribution in [1.29, 1.82) is 0 Å². The SMILES string of the molecule is CCOc1ccc(C(=O)CC[NH+](C)CC(=O)O)cc1.[Cl-]. The van der Waals surface area contributed by atoms with Crippen LogP contribution < -0.4 is 22.0 Å². The lowest BCUT2D eigenvalue weighted by atomic mass is 10.1. The Hall–Kier alpha value is -1.59. The van der Waals surface area contributed by atoms with Gasteiger partial charge in [-0.05, 0) is 31.2 Å². The summed E-state index contributed by atoms with van der Waals surface area (Å²) in [4.78, 5) is 23.2. The summed E-state index contributed by atoms with van der Waals surface area (Å²) in [5, 5.41) is 8.63. The molecule has 0 aliphatic carbocycles. The molecule has 1 rings (SSSR count). The number of likely N-dealkylation sites (N-methyl/N-ethyl adjacent to an activating group) is 1. The summed E-state index contributed by atoms with van der Waals surface area (Å²) in [5.74, 6) is -0.0912. The molecular weight excluding hydrogens is 282 g/mol. The minimum Gasteiger partial charge on any atom is -1.00 e. The molecule has 0 bridgehead atoms. The van der Waals surface area contributed by atoms with Crippen molar-refractivity contribution in [2.45, 2.75) is 13.3 Å². The van der Waals surface area contributed by atoms with Gasteiger partial charge in [-0.1, -0.05) is 0 Å². The molecule has 0 radical (unpaired) electrons. The van der Waals surface area contributed by atoms with E-state index in [0.717, 1.165) is 10.6 Å². The molecule has 0 saturated heterocycles. The van der Waals surface area contributed by atoms with Crippen LogP contribution in [-0.2, 0) is 4.79 Å². The predicted molar refractivity (Wildman–Crippen MR) is 70.8 cm³/mol. The van der Waals surface area contributed by atoms with Gasteiger partial charge in [-0.25, -0.2) is 4.79 Å². The average Bonchev–Trinajstić information content (AvgIpc) is 2.36. The van der Waals surface area contributed by atoms with Crippen molar-refractivity contribution in [3.63, 3.8) is 0 Å². The van der Waals surface area contributed by atoms with Crippen molar-refractivity contribution >= 4 is 11.8 Å². The van der Waals surface area contributed by atoms with E-state index in [-0.39, 0.29) is 24.7 Å². The number of rotatable bonds is 8. The van der Waals surface area contributed by atoms with Gasteiger partial charge in [0.15, 0.2) is 12.3 Å². The Morgan fingerprint density at radius 2 is 1.85 bits per heavy atom. The van der Waals surface area contributed by atoms with Crippen LogP contribution in [0.5, 0.6) is 5.75 Å². The van der Waals surface area contributed by atoms with Gasteiger partial charge >= 0.3 is 5.97 Å². The quantitative estimate of drug-likeness (QED) is 0.511. The molecule has 1 aromatic carbocycles. The second kappa shape index (κ2) is 9.34. The molecule has 5 nitrogen and oxygen atoms in total. The maximum Gasteiger partial charge on any atom is 0.359 e. The van der Waals surface area contributed by atoms with Crippen LogP contribution in [0.3, 0.4) is 0 Å². The number of quaternary nitrogens is 1. The van der Waals surface area contributed by atoms with E-state index in [1.807, 2.05) is 6.92 Å². The van der Waals surface area contributed by atoms with E-state index in [0.29, 0.717) is 25.1 Å². The number of hydrogen-bond acceptors (Lipinski definition) is 3. The number of ether oxygens (including phenoxy) is 1. The molecule has 0 aliphatic rings. The number of aliphatic carboxylic acids is 1. The van der Waals surface area contributed by atoms with Crippen molar-refractivity contribution in [3.05, 3.63) is 29.8 Å². The molecule has 0 saturated carbocycles. The van der Waals surface area contributed by atoms with Crippen molar-refractivity contribution in [2.24, 2.45) is 0 Å². The lowest BCUT2D eigenvalue weighted by Crippen LogP contribution is -3.10. The van der Waals surface area contributed by atoms with Gasteiger partial charge in [0.1, 0.15) is 5.75 Å². The fourth-order valence-electron chi connectivity index (χ4n) is 1.72. The standard InChI is InChI=1S/C14H19NO4.ClH/c1-3-19-12-6-4-11(5-7-12)13(16)8-9-15(2)10-14(17)18;/h4-7H,3,8-10H2,1-2H3,(H,17,18);1H. The Labute approximate surface area is 124 Å². The first kappa shape index (κ1) is 18.4. The van der Waals surface area contributed by atoms with Crippen LogP contribution in [0.25, 0.3) is 0 Å². The Balaban J connectivity index is 0.00000361. The van der Waals surface area contributed by atoms with E-state index < -0.39 is 5.97 Å². The minimum atomic E-state index is -0.856. The number of carboxylic acid groups (broad SMARTS) is 1. The first-order valence-electron chi connectivity index (χ1n) is 6.32. The van der Waals surface area contributed by atoms with Gasteiger partial charge in [0.05, 0.1) is 26.6 Å². The molecule has 0 fully saturated rings. The van der Waals surface area contributed by atoms with Crippen molar-refractivity contribution < 1.29 is 36.7 Å². The Morgan fingerprint density at radius 3 is 2.35 bits per heavy atom. The summed E-state index contributed by atoms with van der Waals surface area (Å²) in [6, 6.07) is 7.01. The molecule has 0 aromatic heterocycles. The number of nitrogens with one attached hydrogen (secondary N) is 1. The zero-order valence-electron chi connectivity index (χ0n) is 11.7. The molecule has 1 unspecified atom stereocenters. The molecule has 2 N–H and O–H groups in total. The van der Waals surface area contributed by atoms with Crippen LogP contribution in [-0.4, -0.2) is 43.6 Å². The number of carboxylic acids is 1. The fourth-order valence-corrected chi connectivity index (χ4v) is 1.72. The van der Waals surface area contributed by atoms with Crippen molar-refractivity contribution in [2.75, 3.05) is 26.7 Å². The number of benzene rings is 1. The van der Waals surface area contributed by atoms with E-state index >= 15 is 0 Å². The van der Waals surface area contributed by atoms with E-state index in [2.05, 4.69) is 0 Å². The maximum absolute atomic E-state index is 11.9. The third-order valence-corrected chi connectivity index (χ3v) is 2.72. The summed E-state index contributed by atoms with van der Waals surface area (Å²) < 4.78 is 5.30. The van der Waals surface area contributed by atoms with Crippen LogP contribution >= 0.6 is 0 Å². The second-order valence-corrected chi connectivity index (χ2v) is 4.41. The largest absolute Gasteiger partial charge is 1.00 e. The van der Waals surface area contributed by atoms with Crippen LogP contribution in [0.1, 0.15) is 23.7 Å². The van der Waals surface area contributed by atoms with Gasteiger partial charge in [0.25, 0.3) is 0 Å². The number of carbonyl (C=O) groups excluding carboxylic acids is 1. The minimum absolute atomic E-state index is 0. The molecule has 112 valence electrons. The lowest BCUT2D eigenvalue weighted by molar-refractivity contribution is -0.871. The first-order valence-corrected chi connectivity index (χ1v) is 6.32. The zero-order chi connectivity index (χ0) is 14.3. The molecule has 20 heavy (non-hydrogen) atoms. The topological polar surface area (TPSA) is 68.0 Å². The number of Topliss-reactive ketones (excluding diaryl/α,β-unsaturated/α-hetero) is 1. The summed E-state index contributed by atoms with van der Waals surface area (Å²) in [6.45, 7) is 3.03. The normalized spacial score (nSPS) is 11.3. The van der Waals surface area contributed by atoms with Crippen LogP contribution in [0.2, 0.25) is 0 Å². The molecule has 1 atom stereocenters. The lowest BCUT2D eigenvalue weighted by Gasteiger charge is -2.10. The van der Waals surface area contributed by atoms with Crippen LogP contribution in [0.15, 0.2) is 24.3 Å². The third kappa shape index (κ3) is 6.54. The van der Waals surface area contributed by atoms with Crippen LogP contribution in [0, 0.1) is 0 Å². The molecule has 0 amide bonds. The number of halogens is 1. The van der Waals surface area contributed by atoms with Crippen molar-refractivity contribution in [1.82, 2.24) is 0 Å². The van der Waals surface area contributed by atoms with Crippen LogP contribution in [0.4, 0.5) is 0 Å².